The molecular formula is C10H20N2O. The summed E-state index contributed by atoms with van der Waals surface area (Å²) < 4.78 is 5.61. The highest BCUT2D eigenvalue weighted by atomic mass is 16.5. The van der Waals surface area contributed by atoms with Crippen molar-refractivity contribution in [2.24, 2.45) is 5.73 Å². The van der Waals surface area contributed by atoms with Gasteiger partial charge < -0.3 is 15.4 Å². The van der Waals surface area contributed by atoms with Crippen LogP contribution in [0.4, 0.5) is 0 Å². The van der Waals surface area contributed by atoms with E-state index in [1.807, 2.05) is 6.08 Å². The summed E-state index contributed by atoms with van der Waals surface area (Å²) in [4.78, 5) is 2.27. The summed E-state index contributed by atoms with van der Waals surface area (Å²) in [5, 5.41) is 0. The normalized spacial score (nSPS) is 27.1. The summed E-state index contributed by atoms with van der Waals surface area (Å²) in [5.74, 6) is 0. The van der Waals surface area contributed by atoms with Crippen molar-refractivity contribution < 1.29 is 4.74 Å². The molecule has 0 aromatic rings. The third-order valence-corrected chi connectivity index (χ3v) is 2.48. The number of nitrogens with zero attached hydrogens (tertiary/aromatic N) is 1. The minimum atomic E-state index is 0.153. The number of likely N-dealkylation sites (N-methyl/N-ethyl adjacent to an activating group) is 1. The molecule has 0 amide bonds. The van der Waals surface area contributed by atoms with Crippen molar-refractivity contribution in [3.8, 4) is 0 Å². The standard InChI is InChI=1S/C10H20N2O/c1-3-4-5-9(11)10-8-12(2)6-7-13-10/h3,9-10H,1,4-8,11H2,2H3. The first-order valence-corrected chi connectivity index (χ1v) is 4.90. The molecule has 2 N–H and O–H groups in total. The second-order valence-corrected chi connectivity index (χ2v) is 3.70. The van der Waals surface area contributed by atoms with Crippen LogP contribution in [-0.4, -0.2) is 43.8 Å². The zero-order valence-corrected chi connectivity index (χ0v) is 8.41. The Morgan fingerprint density at radius 3 is 3.15 bits per heavy atom. The molecule has 1 aliphatic rings. The van der Waals surface area contributed by atoms with Gasteiger partial charge in [0.25, 0.3) is 0 Å². The van der Waals surface area contributed by atoms with E-state index in [0.29, 0.717) is 0 Å². The zero-order chi connectivity index (χ0) is 9.68. The maximum Gasteiger partial charge on any atom is 0.0853 e. The number of rotatable bonds is 4. The maximum atomic E-state index is 6.00. The SMILES string of the molecule is C=CCCC(N)C1CN(C)CCO1. The molecule has 1 saturated heterocycles. The summed E-state index contributed by atoms with van der Waals surface area (Å²) in [6.45, 7) is 6.47. The molecule has 1 heterocycles. The van der Waals surface area contributed by atoms with E-state index in [2.05, 4.69) is 18.5 Å². The topological polar surface area (TPSA) is 38.5 Å². The van der Waals surface area contributed by atoms with Crippen LogP contribution in [-0.2, 0) is 4.74 Å². The number of ether oxygens (including phenoxy) is 1. The first-order valence-electron chi connectivity index (χ1n) is 4.90. The van der Waals surface area contributed by atoms with Crippen molar-refractivity contribution in [1.82, 2.24) is 4.90 Å². The van der Waals surface area contributed by atoms with E-state index < -0.39 is 0 Å². The van der Waals surface area contributed by atoms with Gasteiger partial charge >= 0.3 is 0 Å². The fourth-order valence-corrected chi connectivity index (χ4v) is 1.57. The molecule has 0 aromatic heterocycles. The molecule has 0 radical (unpaired) electrons. The Balaban J connectivity index is 2.27. The monoisotopic (exact) mass is 184 g/mol. The van der Waals surface area contributed by atoms with Crippen molar-refractivity contribution in [3.63, 3.8) is 0 Å². The third-order valence-electron chi connectivity index (χ3n) is 2.48. The molecule has 1 fully saturated rings. The van der Waals surface area contributed by atoms with Gasteiger partial charge in [0.1, 0.15) is 0 Å². The van der Waals surface area contributed by atoms with Gasteiger partial charge in [-0.3, -0.25) is 0 Å². The van der Waals surface area contributed by atoms with Crippen LogP contribution in [0, 0.1) is 0 Å². The summed E-state index contributed by atoms with van der Waals surface area (Å²) in [7, 11) is 2.11. The van der Waals surface area contributed by atoms with E-state index in [-0.39, 0.29) is 12.1 Å². The Kier molecular flexibility index (Phi) is 4.42. The van der Waals surface area contributed by atoms with Gasteiger partial charge in [0.15, 0.2) is 0 Å². The molecule has 1 aliphatic heterocycles. The van der Waals surface area contributed by atoms with Crippen molar-refractivity contribution >= 4 is 0 Å². The van der Waals surface area contributed by atoms with Crippen molar-refractivity contribution in [1.29, 1.82) is 0 Å². The molecule has 0 saturated carbocycles. The average molecular weight is 184 g/mol. The van der Waals surface area contributed by atoms with Gasteiger partial charge in [-0.05, 0) is 19.9 Å². The van der Waals surface area contributed by atoms with Crippen LogP contribution in [0.15, 0.2) is 12.7 Å². The van der Waals surface area contributed by atoms with Gasteiger partial charge in [0.2, 0.25) is 0 Å². The van der Waals surface area contributed by atoms with Crippen LogP contribution in [0.1, 0.15) is 12.8 Å². The van der Waals surface area contributed by atoms with Crippen LogP contribution in [0.2, 0.25) is 0 Å². The second-order valence-electron chi connectivity index (χ2n) is 3.70. The van der Waals surface area contributed by atoms with E-state index in [1.54, 1.807) is 0 Å². The lowest BCUT2D eigenvalue weighted by atomic mass is 10.1. The Hall–Kier alpha value is -0.380. The van der Waals surface area contributed by atoms with Gasteiger partial charge in [0, 0.05) is 19.1 Å². The Bertz CT molecular complexity index is 161. The van der Waals surface area contributed by atoms with Crippen LogP contribution < -0.4 is 5.73 Å². The molecule has 2 atom stereocenters. The molecule has 3 nitrogen and oxygen atoms in total. The van der Waals surface area contributed by atoms with Crippen LogP contribution >= 0.6 is 0 Å². The smallest absolute Gasteiger partial charge is 0.0853 e. The highest BCUT2D eigenvalue weighted by molar-refractivity contribution is 4.81. The summed E-state index contributed by atoms with van der Waals surface area (Å²) in [6.07, 6.45) is 4.07. The highest BCUT2D eigenvalue weighted by Crippen LogP contribution is 2.09. The molecule has 76 valence electrons. The lowest BCUT2D eigenvalue weighted by Crippen LogP contribution is -2.49. The summed E-state index contributed by atoms with van der Waals surface area (Å²) in [6, 6.07) is 0.153. The average Bonchev–Trinajstić information content (AvgIpc) is 2.14. The van der Waals surface area contributed by atoms with E-state index in [0.717, 1.165) is 32.5 Å². The number of allylic oxidation sites excluding steroid dienone is 1. The van der Waals surface area contributed by atoms with Gasteiger partial charge in [0.05, 0.1) is 12.7 Å². The van der Waals surface area contributed by atoms with Crippen molar-refractivity contribution in [2.75, 3.05) is 26.7 Å². The molecule has 2 unspecified atom stereocenters. The minimum absolute atomic E-state index is 0.153. The second kappa shape index (κ2) is 5.37. The first-order chi connectivity index (χ1) is 6.24. The van der Waals surface area contributed by atoms with E-state index >= 15 is 0 Å². The maximum absolute atomic E-state index is 6.00. The molecule has 0 aromatic carbocycles. The zero-order valence-electron chi connectivity index (χ0n) is 8.41. The predicted molar refractivity (Wildman–Crippen MR) is 54.6 cm³/mol. The van der Waals surface area contributed by atoms with E-state index in [1.165, 1.54) is 0 Å². The molecule has 0 spiro atoms. The largest absolute Gasteiger partial charge is 0.374 e. The molecular weight excluding hydrogens is 164 g/mol. The predicted octanol–water partition coefficient (Wildman–Crippen LogP) is 0.611. The van der Waals surface area contributed by atoms with Gasteiger partial charge in [-0.25, -0.2) is 0 Å². The van der Waals surface area contributed by atoms with E-state index in [4.69, 9.17) is 10.5 Å². The molecule has 0 bridgehead atoms. The fourth-order valence-electron chi connectivity index (χ4n) is 1.57. The summed E-state index contributed by atoms with van der Waals surface area (Å²) >= 11 is 0. The quantitative estimate of drug-likeness (QED) is 0.651. The fraction of sp³-hybridized carbons (Fsp3) is 0.800. The van der Waals surface area contributed by atoms with Gasteiger partial charge in [-0.15, -0.1) is 6.58 Å². The van der Waals surface area contributed by atoms with Gasteiger partial charge in [-0.1, -0.05) is 6.08 Å². The lowest BCUT2D eigenvalue weighted by molar-refractivity contribution is -0.0330. The number of hydrogen-bond donors (Lipinski definition) is 1. The first kappa shape index (κ1) is 10.7. The lowest BCUT2D eigenvalue weighted by Gasteiger charge is -2.33. The minimum Gasteiger partial charge on any atom is -0.374 e. The Labute approximate surface area is 80.5 Å². The number of nitrogens with two attached hydrogens (primary N) is 1. The number of hydrogen-bond acceptors (Lipinski definition) is 3. The highest BCUT2D eigenvalue weighted by Gasteiger charge is 2.23. The number of morpholine rings is 1. The molecule has 13 heavy (non-hydrogen) atoms. The molecule has 3 heteroatoms. The molecule has 1 rings (SSSR count). The third kappa shape index (κ3) is 3.46. The van der Waals surface area contributed by atoms with Crippen LogP contribution in [0.25, 0.3) is 0 Å². The Morgan fingerprint density at radius 2 is 2.54 bits per heavy atom. The molecule has 0 aliphatic carbocycles. The van der Waals surface area contributed by atoms with Crippen LogP contribution in [0.5, 0.6) is 0 Å². The van der Waals surface area contributed by atoms with Gasteiger partial charge in [-0.2, -0.15) is 0 Å². The summed E-state index contributed by atoms with van der Waals surface area (Å²) in [5.41, 5.74) is 6.00. The van der Waals surface area contributed by atoms with Crippen molar-refractivity contribution in [2.45, 2.75) is 25.0 Å². The Morgan fingerprint density at radius 1 is 1.77 bits per heavy atom. The van der Waals surface area contributed by atoms with Crippen molar-refractivity contribution in [3.05, 3.63) is 12.7 Å². The van der Waals surface area contributed by atoms with E-state index in [9.17, 15) is 0 Å². The van der Waals surface area contributed by atoms with Crippen LogP contribution in [0.3, 0.4) is 0 Å².